The third kappa shape index (κ3) is 5.37. The summed E-state index contributed by atoms with van der Waals surface area (Å²) in [7, 11) is 1.49. The van der Waals surface area contributed by atoms with Gasteiger partial charge >= 0.3 is 6.18 Å². The van der Waals surface area contributed by atoms with E-state index in [0.29, 0.717) is 45.8 Å². The molecule has 1 atom stereocenters. The summed E-state index contributed by atoms with van der Waals surface area (Å²) in [6.45, 7) is 3.84. The average molecular weight is 446 g/mol. The van der Waals surface area contributed by atoms with Gasteiger partial charge in [-0.2, -0.15) is 13.2 Å². The van der Waals surface area contributed by atoms with Gasteiger partial charge < -0.3 is 15.2 Å². The maximum absolute atomic E-state index is 12.9. The van der Waals surface area contributed by atoms with E-state index in [-0.39, 0.29) is 18.6 Å². The molecule has 0 spiro atoms. The number of nitrogens with zero attached hydrogens (tertiary/aromatic N) is 1. The lowest BCUT2D eigenvalue weighted by Crippen LogP contribution is -2.38. The molecule has 0 fully saturated rings. The van der Waals surface area contributed by atoms with Crippen molar-refractivity contribution in [3.63, 3.8) is 0 Å². The van der Waals surface area contributed by atoms with Gasteiger partial charge in [0.2, 0.25) is 0 Å². The number of methoxy groups -OCH3 is 1. The number of alkyl halides is 3. The number of ether oxygens (including phenoxy) is 1. The largest absolute Gasteiger partial charge is 0.496 e. The van der Waals surface area contributed by atoms with E-state index in [2.05, 4.69) is 10.3 Å². The SMILES string of the molecule is COc1cc(-c2ccc(C(F)(F)F)cc2)nc2cc(C(=O)NC(CO)CC(C)C)ccc12. The summed E-state index contributed by atoms with van der Waals surface area (Å²) >= 11 is 0. The lowest BCUT2D eigenvalue weighted by Gasteiger charge is -2.18. The number of pyridine rings is 1. The Bertz CT molecular complexity index is 1100. The van der Waals surface area contributed by atoms with Gasteiger partial charge in [-0.05, 0) is 42.7 Å². The van der Waals surface area contributed by atoms with Gasteiger partial charge in [0.05, 0.1) is 36.5 Å². The van der Waals surface area contributed by atoms with Crippen LogP contribution in [0, 0.1) is 5.92 Å². The van der Waals surface area contributed by atoms with E-state index in [1.54, 1.807) is 24.3 Å². The Labute approximate surface area is 184 Å². The minimum absolute atomic E-state index is 0.165. The van der Waals surface area contributed by atoms with Crippen LogP contribution in [0.15, 0.2) is 48.5 Å². The minimum atomic E-state index is -4.42. The second kappa shape index (κ2) is 9.56. The van der Waals surface area contributed by atoms with Gasteiger partial charge in [-0.1, -0.05) is 26.0 Å². The number of nitrogens with one attached hydrogen (secondary N) is 1. The molecule has 1 heterocycles. The Balaban J connectivity index is 1.97. The maximum atomic E-state index is 12.9. The van der Waals surface area contributed by atoms with Crippen molar-refractivity contribution in [3.8, 4) is 17.0 Å². The molecule has 1 unspecified atom stereocenters. The first-order valence-electron chi connectivity index (χ1n) is 10.2. The summed E-state index contributed by atoms with van der Waals surface area (Å²) in [6, 6.07) is 10.9. The van der Waals surface area contributed by atoms with Crippen LogP contribution in [0.1, 0.15) is 36.2 Å². The van der Waals surface area contributed by atoms with E-state index in [1.165, 1.54) is 19.2 Å². The monoisotopic (exact) mass is 446 g/mol. The van der Waals surface area contributed by atoms with Crippen molar-refractivity contribution < 1.29 is 27.8 Å². The molecule has 0 saturated carbocycles. The number of hydrogen-bond donors (Lipinski definition) is 2. The van der Waals surface area contributed by atoms with E-state index in [9.17, 15) is 23.1 Å². The fourth-order valence-corrected chi connectivity index (χ4v) is 3.50. The number of benzene rings is 2. The Kier molecular flexibility index (Phi) is 7.03. The molecule has 0 aliphatic heterocycles. The van der Waals surface area contributed by atoms with E-state index in [4.69, 9.17) is 4.74 Å². The molecule has 8 heteroatoms. The third-order valence-electron chi connectivity index (χ3n) is 5.07. The molecule has 2 aromatic carbocycles. The topological polar surface area (TPSA) is 71.5 Å². The van der Waals surface area contributed by atoms with E-state index >= 15 is 0 Å². The van der Waals surface area contributed by atoms with Crippen molar-refractivity contribution in [2.24, 2.45) is 5.92 Å². The first-order valence-corrected chi connectivity index (χ1v) is 10.2. The second-order valence-electron chi connectivity index (χ2n) is 8.00. The molecule has 1 aromatic heterocycles. The van der Waals surface area contributed by atoms with Crippen LogP contribution in [0.2, 0.25) is 0 Å². The number of hydrogen-bond acceptors (Lipinski definition) is 4. The highest BCUT2D eigenvalue weighted by Gasteiger charge is 2.30. The van der Waals surface area contributed by atoms with Gasteiger partial charge in [0.25, 0.3) is 5.91 Å². The molecule has 0 aliphatic carbocycles. The molecule has 0 aliphatic rings. The number of carbonyl (C=O) groups excluding carboxylic acids is 1. The molecular formula is C24H25F3N2O3. The van der Waals surface area contributed by atoms with Gasteiger partial charge in [0.15, 0.2) is 0 Å². The highest BCUT2D eigenvalue weighted by atomic mass is 19.4. The summed E-state index contributed by atoms with van der Waals surface area (Å²) in [5.74, 6) is 0.457. The molecule has 3 aromatic rings. The van der Waals surface area contributed by atoms with Crippen LogP contribution in [-0.4, -0.2) is 35.8 Å². The van der Waals surface area contributed by atoms with Gasteiger partial charge in [-0.3, -0.25) is 4.79 Å². The lowest BCUT2D eigenvalue weighted by molar-refractivity contribution is -0.137. The number of carbonyl (C=O) groups is 1. The normalized spacial score (nSPS) is 12.8. The zero-order valence-electron chi connectivity index (χ0n) is 18.0. The van der Waals surface area contributed by atoms with Gasteiger partial charge in [-0.25, -0.2) is 4.98 Å². The Morgan fingerprint density at radius 1 is 1.12 bits per heavy atom. The number of amides is 1. The number of aliphatic hydroxyl groups excluding tert-OH is 1. The number of aliphatic hydroxyl groups is 1. The van der Waals surface area contributed by atoms with Crippen molar-refractivity contribution >= 4 is 16.8 Å². The summed E-state index contributed by atoms with van der Waals surface area (Å²) in [6.07, 6.45) is -3.78. The third-order valence-corrected chi connectivity index (χ3v) is 5.07. The second-order valence-corrected chi connectivity index (χ2v) is 8.00. The summed E-state index contributed by atoms with van der Waals surface area (Å²) in [4.78, 5) is 17.2. The fraction of sp³-hybridized carbons (Fsp3) is 0.333. The van der Waals surface area contributed by atoms with Gasteiger partial charge in [0, 0.05) is 22.6 Å². The Hall–Kier alpha value is -3.13. The van der Waals surface area contributed by atoms with E-state index < -0.39 is 11.7 Å². The maximum Gasteiger partial charge on any atom is 0.416 e. The Morgan fingerprint density at radius 3 is 2.38 bits per heavy atom. The number of rotatable bonds is 7. The van der Waals surface area contributed by atoms with Crippen molar-refractivity contribution in [3.05, 3.63) is 59.7 Å². The van der Waals surface area contributed by atoms with E-state index in [0.717, 1.165) is 12.1 Å². The smallest absolute Gasteiger partial charge is 0.416 e. The zero-order chi connectivity index (χ0) is 23.5. The first kappa shape index (κ1) is 23.5. The molecule has 32 heavy (non-hydrogen) atoms. The van der Waals surface area contributed by atoms with Crippen molar-refractivity contribution in [1.82, 2.24) is 10.3 Å². The predicted octanol–water partition coefficient (Wildman–Crippen LogP) is 5.07. The van der Waals surface area contributed by atoms with Crippen LogP contribution >= 0.6 is 0 Å². The van der Waals surface area contributed by atoms with Crippen LogP contribution < -0.4 is 10.1 Å². The van der Waals surface area contributed by atoms with Gasteiger partial charge in [0.1, 0.15) is 5.75 Å². The molecule has 5 nitrogen and oxygen atoms in total. The predicted molar refractivity (Wildman–Crippen MR) is 117 cm³/mol. The van der Waals surface area contributed by atoms with E-state index in [1.807, 2.05) is 13.8 Å². The fourth-order valence-electron chi connectivity index (χ4n) is 3.50. The summed E-state index contributed by atoms with van der Waals surface area (Å²) in [5, 5.41) is 13.0. The molecule has 0 bridgehead atoms. The molecule has 2 N–H and O–H groups in total. The van der Waals surface area contributed by atoms with Crippen molar-refractivity contribution in [1.29, 1.82) is 0 Å². The number of halogens is 3. The number of aromatic nitrogens is 1. The standard InChI is InChI=1S/C24H25F3N2O3/c1-14(2)10-18(13-30)28-23(31)16-6-9-19-21(11-16)29-20(12-22(19)32-3)15-4-7-17(8-5-15)24(25,26)27/h4-9,11-12,14,18,30H,10,13H2,1-3H3,(H,28,31). The molecule has 170 valence electrons. The van der Waals surface area contributed by atoms with Crippen molar-refractivity contribution in [2.75, 3.05) is 13.7 Å². The van der Waals surface area contributed by atoms with Crippen LogP contribution in [-0.2, 0) is 6.18 Å². The summed E-state index contributed by atoms with van der Waals surface area (Å²) in [5.41, 5.74) is 1.00. The van der Waals surface area contributed by atoms with Crippen molar-refractivity contribution in [2.45, 2.75) is 32.5 Å². The zero-order valence-corrected chi connectivity index (χ0v) is 18.0. The minimum Gasteiger partial charge on any atom is -0.496 e. The molecule has 0 saturated heterocycles. The molecule has 0 radical (unpaired) electrons. The van der Waals surface area contributed by atoms with Crippen LogP contribution in [0.5, 0.6) is 5.75 Å². The lowest BCUT2D eigenvalue weighted by atomic mass is 10.0. The van der Waals surface area contributed by atoms with Crippen LogP contribution in [0.4, 0.5) is 13.2 Å². The van der Waals surface area contributed by atoms with Gasteiger partial charge in [-0.15, -0.1) is 0 Å². The highest BCUT2D eigenvalue weighted by molar-refractivity contribution is 5.99. The molecule has 1 amide bonds. The quantitative estimate of drug-likeness (QED) is 0.532. The summed E-state index contributed by atoms with van der Waals surface area (Å²) < 4.78 is 44.0. The highest BCUT2D eigenvalue weighted by Crippen LogP contribution is 2.33. The Morgan fingerprint density at radius 2 is 1.81 bits per heavy atom. The average Bonchev–Trinajstić information content (AvgIpc) is 2.76. The molecule has 3 rings (SSSR count). The number of fused-ring (bicyclic) bond motifs is 1. The first-order chi connectivity index (χ1) is 15.1. The molecular weight excluding hydrogens is 421 g/mol. The van der Waals surface area contributed by atoms with Crippen LogP contribution in [0.3, 0.4) is 0 Å². The van der Waals surface area contributed by atoms with Crippen LogP contribution in [0.25, 0.3) is 22.2 Å².